The predicted molar refractivity (Wildman–Crippen MR) is 74.8 cm³/mol. The topological polar surface area (TPSA) is 30.8 Å². The van der Waals surface area contributed by atoms with Crippen LogP contribution in [0.25, 0.3) is 0 Å². The first kappa shape index (κ1) is 14.6. The van der Waals surface area contributed by atoms with Crippen molar-refractivity contribution in [1.29, 1.82) is 0 Å². The molecule has 0 aliphatic heterocycles. The lowest BCUT2D eigenvalue weighted by molar-refractivity contribution is -0.281. The summed E-state index contributed by atoms with van der Waals surface area (Å²) in [6.45, 7) is 6.30. The van der Waals surface area contributed by atoms with Crippen LogP contribution in [0.3, 0.4) is 0 Å². The fraction of sp³-hybridized carbons (Fsp3) is 0.400. The summed E-state index contributed by atoms with van der Waals surface area (Å²) in [5.74, 6) is 0. The molecule has 1 aromatic carbocycles. The summed E-state index contributed by atoms with van der Waals surface area (Å²) in [6, 6.07) is 10.0. The smallest absolute Gasteiger partial charge is 0.108 e. The van der Waals surface area contributed by atoms with E-state index < -0.39 is 0 Å². The van der Waals surface area contributed by atoms with Crippen LogP contribution in [-0.2, 0) is 9.78 Å². The van der Waals surface area contributed by atoms with Crippen LogP contribution in [0.5, 0.6) is 0 Å². The summed E-state index contributed by atoms with van der Waals surface area (Å²) in [7, 11) is 1.51. The largest absolute Gasteiger partial charge is 0.283 e. The zero-order valence-electron chi connectivity index (χ0n) is 11.1. The van der Waals surface area contributed by atoms with Gasteiger partial charge in [-0.15, -0.1) is 6.58 Å². The highest BCUT2D eigenvalue weighted by molar-refractivity contribution is 5.79. The Labute approximate surface area is 109 Å². The van der Waals surface area contributed by atoms with Crippen molar-refractivity contribution in [1.82, 2.24) is 0 Å². The predicted octanol–water partition coefficient (Wildman–Crippen LogP) is 3.41. The minimum Gasteiger partial charge on any atom is -0.283 e. The molecule has 1 unspecified atom stereocenters. The molecule has 18 heavy (non-hydrogen) atoms. The molecule has 1 aromatic rings. The zero-order valence-corrected chi connectivity index (χ0v) is 11.1. The molecule has 0 fully saturated rings. The first-order chi connectivity index (χ1) is 8.76. The Bertz CT molecular complexity index is 375. The normalized spacial score (nSPS) is 14.6. The van der Waals surface area contributed by atoms with Crippen molar-refractivity contribution in [2.24, 2.45) is 4.99 Å². The van der Waals surface area contributed by atoms with Gasteiger partial charge >= 0.3 is 0 Å². The molecule has 0 bridgehead atoms. The molecular formula is C15H21NO2. The highest BCUT2D eigenvalue weighted by Gasteiger charge is 2.26. The van der Waals surface area contributed by atoms with Gasteiger partial charge in [-0.3, -0.25) is 4.99 Å². The Morgan fingerprint density at radius 2 is 2.06 bits per heavy atom. The number of nitrogens with zero attached hydrogens (tertiary/aromatic N) is 1. The van der Waals surface area contributed by atoms with E-state index in [1.165, 1.54) is 7.11 Å². The Morgan fingerprint density at radius 1 is 1.33 bits per heavy atom. The molecule has 0 amide bonds. The lowest BCUT2D eigenvalue weighted by Crippen LogP contribution is -2.31. The first-order valence-electron chi connectivity index (χ1n) is 6.13. The van der Waals surface area contributed by atoms with E-state index in [1.54, 1.807) is 0 Å². The standard InChI is InChI=1S/C15H21NO2/c1-4-11-15(5-2,13-18-17-3)16-12-14-9-7-6-8-10-14/h4,6-10,12H,1,5,11,13H2,2-3H3/b16-12-. The van der Waals surface area contributed by atoms with E-state index in [4.69, 9.17) is 4.89 Å². The molecule has 3 nitrogen and oxygen atoms in total. The number of benzene rings is 1. The Morgan fingerprint density at radius 3 is 2.61 bits per heavy atom. The number of aliphatic imine (C=N–C) groups is 1. The average molecular weight is 247 g/mol. The highest BCUT2D eigenvalue weighted by Crippen LogP contribution is 2.22. The molecular weight excluding hydrogens is 226 g/mol. The van der Waals surface area contributed by atoms with E-state index in [0.717, 1.165) is 18.4 Å². The Kier molecular flexibility index (Phi) is 6.33. The Hall–Kier alpha value is -1.45. The molecule has 1 atom stereocenters. The molecule has 0 spiro atoms. The van der Waals surface area contributed by atoms with E-state index in [9.17, 15) is 0 Å². The maximum atomic E-state index is 5.07. The van der Waals surface area contributed by atoms with Gasteiger partial charge in [0.15, 0.2) is 0 Å². The molecule has 3 heteroatoms. The molecule has 0 saturated carbocycles. The van der Waals surface area contributed by atoms with Crippen LogP contribution in [0.1, 0.15) is 25.3 Å². The summed E-state index contributed by atoms with van der Waals surface area (Å²) in [5, 5.41) is 0. The van der Waals surface area contributed by atoms with Gasteiger partial charge in [0.25, 0.3) is 0 Å². The van der Waals surface area contributed by atoms with Crippen molar-refractivity contribution in [3.8, 4) is 0 Å². The summed E-state index contributed by atoms with van der Waals surface area (Å²) in [5.41, 5.74) is 0.782. The van der Waals surface area contributed by atoms with Gasteiger partial charge in [0.05, 0.1) is 12.6 Å². The fourth-order valence-electron chi connectivity index (χ4n) is 1.67. The summed E-state index contributed by atoms with van der Waals surface area (Å²) in [6.07, 6.45) is 5.37. The Balaban J connectivity index is 2.82. The third-order valence-electron chi connectivity index (χ3n) is 2.91. The van der Waals surface area contributed by atoms with Crippen molar-refractivity contribution in [2.75, 3.05) is 13.7 Å². The van der Waals surface area contributed by atoms with Crippen molar-refractivity contribution in [3.63, 3.8) is 0 Å². The SMILES string of the molecule is C=CCC(CC)(COOC)/N=C\c1ccccc1. The monoisotopic (exact) mass is 247 g/mol. The van der Waals surface area contributed by atoms with Gasteiger partial charge < -0.3 is 0 Å². The number of hydrogen-bond donors (Lipinski definition) is 0. The summed E-state index contributed by atoms with van der Waals surface area (Å²) >= 11 is 0. The molecule has 0 aliphatic rings. The molecule has 0 aromatic heterocycles. The minimum absolute atomic E-state index is 0.298. The van der Waals surface area contributed by atoms with Gasteiger partial charge in [-0.1, -0.05) is 43.3 Å². The molecule has 0 heterocycles. The molecule has 0 aliphatic carbocycles. The van der Waals surface area contributed by atoms with E-state index in [-0.39, 0.29) is 5.54 Å². The van der Waals surface area contributed by atoms with Crippen molar-refractivity contribution < 1.29 is 9.78 Å². The minimum atomic E-state index is -0.298. The van der Waals surface area contributed by atoms with E-state index in [2.05, 4.69) is 23.4 Å². The highest BCUT2D eigenvalue weighted by atomic mass is 17.2. The van der Waals surface area contributed by atoms with Gasteiger partial charge in [0, 0.05) is 6.21 Å². The van der Waals surface area contributed by atoms with E-state index >= 15 is 0 Å². The second kappa shape index (κ2) is 7.80. The van der Waals surface area contributed by atoms with Gasteiger partial charge in [-0.25, -0.2) is 9.78 Å². The van der Waals surface area contributed by atoms with Gasteiger partial charge in [-0.2, -0.15) is 0 Å². The third kappa shape index (κ3) is 4.43. The van der Waals surface area contributed by atoms with E-state index in [0.29, 0.717) is 6.61 Å². The van der Waals surface area contributed by atoms with Crippen molar-refractivity contribution in [3.05, 3.63) is 48.6 Å². The average Bonchev–Trinajstić information content (AvgIpc) is 2.43. The maximum Gasteiger partial charge on any atom is 0.108 e. The third-order valence-corrected chi connectivity index (χ3v) is 2.91. The molecule has 0 radical (unpaired) electrons. The fourth-order valence-corrected chi connectivity index (χ4v) is 1.67. The van der Waals surface area contributed by atoms with Crippen LogP contribution >= 0.6 is 0 Å². The number of rotatable bonds is 8. The second-order valence-corrected chi connectivity index (χ2v) is 4.17. The van der Waals surface area contributed by atoms with Crippen LogP contribution in [0.2, 0.25) is 0 Å². The molecule has 0 N–H and O–H groups in total. The summed E-state index contributed by atoms with van der Waals surface area (Å²) in [4.78, 5) is 14.4. The van der Waals surface area contributed by atoms with Crippen molar-refractivity contribution in [2.45, 2.75) is 25.3 Å². The lowest BCUT2D eigenvalue weighted by Gasteiger charge is -2.26. The van der Waals surface area contributed by atoms with E-state index in [1.807, 2.05) is 42.6 Å². The first-order valence-corrected chi connectivity index (χ1v) is 6.13. The van der Waals surface area contributed by atoms with Gasteiger partial charge in [0.2, 0.25) is 0 Å². The lowest BCUT2D eigenvalue weighted by atomic mass is 9.94. The van der Waals surface area contributed by atoms with Crippen LogP contribution in [0, 0.1) is 0 Å². The van der Waals surface area contributed by atoms with Crippen LogP contribution in [0.4, 0.5) is 0 Å². The quantitative estimate of drug-likeness (QED) is 0.305. The van der Waals surface area contributed by atoms with Crippen molar-refractivity contribution >= 4 is 6.21 Å². The van der Waals surface area contributed by atoms with Gasteiger partial charge in [-0.05, 0) is 18.4 Å². The second-order valence-electron chi connectivity index (χ2n) is 4.17. The van der Waals surface area contributed by atoms with Crippen LogP contribution < -0.4 is 0 Å². The maximum absolute atomic E-state index is 5.07. The molecule has 98 valence electrons. The molecule has 0 saturated heterocycles. The van der Waals surface area contributed by atoms with Gasteiger partial charge in [0.1, 0.15) is 6.61 Å². The van der Waals surface area contributed by atoms with Crippen LogP contribution in [0.15, 0.2) is 48.0 Å². The van der Waals surface area contributed by atoms with Crippen LogP contribution in [-0.4, -0.2) is 25.5 Å². The number of hydrogen-bond acceptors (Lipinski definition) is 3. The molecule has 1 rings (SSSR count). The zero-order chi connectivity index (χ0) is 13.3. The summed E-state index contributed by atoms with van der Waals surface area (Å²) < 4.78 is 0.